The van der Waals surface area contributed by atoms with Gasteiger partial charge in [-0.25, -0.2) is 0 Å². The fourth-order valence-corrected chi connectivity index (χ4v) is 4.82. The van der Waals surface area contributed by atoms with E-state index in [2.05, 4.69) is 10.6 Å². The molecule has 4 atom stereocenters. The number of phenols is 1. The first-order chi connectivity index (χ1) is 17.3. The molecule has 3 rings (SSSR count). The Labute approximate surface area is 223 Å². The predicted molar refractivity (Wildman–Crippen MR) is 143 cm³/mol. The minimum absolute atomic E-state index is 0.0300. The van der Waals surface area contributed by atoms with Crippen LogP contribution in [0.2, 0.25) is 0 Å². The largest absolute Gasteiger partial charge is 0.508 e. The van der Waals surface area contributed by atoms with Gasteiger partial charge in [-0.05, 0) is 70.7 Å². The molecule has 1 heterocycles. The van der Waals surface area contributed by atoms with Gasteiger partial charge in [0.25, 0.3) is 11.8 Å². The number of amides is 3. The van der Waals surface area contributed by atoms with Gasteiger partial charge in [-0.3, -0.25) is 14.4 Å². The number of benzene rings is 2. The Balaban J connectivity index is 1.89. The lowest BCUT2D eigenvalue weighted by molar-refractivity contribution is -0.146. The third-order valence-electron chi connectivity index (χ3n) is 6.54. The molecule has 0 unspecified atom stereocenters. The molecule has 2 aromatic carbocycles. The average Bonchev–Trinajstić information content (AvgIpc) is 3.21. The van der Waals surface area contributed by atoms with Crippen molar-refractivity contribution in [3.8, 4) is 5.75 Å². The molecule has 200 valence electrons. The highest BCUT2D eigenvalue weighted by Crippen LogP contribution is 2.26. The van der Waals surface area contributed by atoms with Crippen LogP contribution in [0.1, 0.15) is 54.2 Å². The summed E-state index contributed by atoms with van der Waals surface area (Å²) in [5.41, 5.74) is 1.91. The van der Waals surface area contributed by atoms with Crippen molar-refractivity contribution in [1.82, 2.24) is 15.5 Å². The van der Waals surface area contributed by atoms with Crippen LogP contribution in [-0.4, -0.2) is 68.5 Å². The van der Waals surface area contributed by atoms with Crippen LogP contribution in [0, 0.1) is 13.8 Å². The van der Waals surface area contributed by atoms with E-state index in [4.69, 9.17) is 11.6 Å². The van der Waals surface area contributed by atoms with Crippen molar-refractivity contribution in [3.05, 3.63) is 64.7 Å². The van der Waals surface area contributed by atoms with E-state index in [1.807, 2.05) is 52.0 Å². The fourth-order valence-electron chi connectivity index (χ4n) is 4.50. The van der Waals surface area contributed by atoms with Crippen LogP contribution >= 0.6 is 11.6 Å². The normalized spacial score (nSPS) is 19.3. The Morgan fingerprint density at radius 1 is 1.11 bits per heavy atom. The van der Waals surface area contributed by atoms with Gasteiger partial charge in [0.1, 0.15) is 11.8 Å². The van der Waals surface area contributed by atoms with E-state index in [1.165, 1.54) is 11.0 Å². The summed E-state index contributed by atoms with van der Waals surface area (Å²) in [5.74, 6) is -1.58. The van der Waals surface area contributed by atoms with Crippen molar-refractivity contribution in [2.75, 3.05) is 6.54 Å². The Morgan fingerprint density at radius 2 is 1.78 bits per heavy atom. The molecule has 0 spiro atoms. The Kier molecular flexibility index (Phi) is 8.87. The molecule has 2 aromatic rings. The van der Waals surface area contributed by atoms with Crippen LogP contribution < -0.4 is 10.6 Å². The van der Waals surface area contributed by atoms with Crippen molar-refractivity contribution >= 4 is 29.3 Å². The third-order valence-corrected chi connectivity index (χ3v) is 6.85. The summed E-state index contributed by atoms with van der Waals surface area (Å²) in [4.78, 5) is 41.0. The second-order valence-corrected chi connectivity index (χ2v) is 11.3. The van der Waals surface area contributed by atoms with Gasteiger partial charge in [0.2, 0.25) is 5.91 Å². The van der Waals surface area contributed by atoms with Gasteiger partial charge in [-0.2, -0.15) is 0 Å². The lowest BCUT2D eigenvalue weighted by Crippen LogP contribution is -2.57. The molecule has 3 amide bonds. The minimum Gasteiger partial charge on any atom is -0.508 e. The molecular weight excluding hydrogens is 494 g/mol. The zero-order valence-corrected chi connectivity index (χ0v) is 22.7. The summed E-state index contributed by atoms with van der Waals surface area (Å²) in [5, 5.41) is 26.6. The topological polar surface area (TPSA) is 119 Å². The number of halogens is 1. The number of likely N-dealkylation sites (tertiary alicyclic amines) is 1. The number of aromatic hydroxyl groups is 1. The summed E-state index contributed by atoms with van der Waals surface area (Å²) in [6, 6.07) is 10.3. The van der Waals surface area contributed by atoms with Gasteiger partial charge in [-0.15, -0.1) is 11.6 Å². The molecular formula is C28H36ClN3O5. The van der Waals surface area contributed by atoms with E-state index in [9.17, 15) is 24.6 Å². The van der Waals surface area contributed by atoms with E-state index in [0.717, 1.165) is 11.1 Å². The lowest BCUT2D eigenvalue weighted by atomic mass is 9.96. The SMILES string of the molecule is Cc1ccccc1C[C@H](NC(=O)c1cccc(O)c1C)[C@H](O)C(=O)N1C[C@@H](Cl)C[C@H]1C(=O)NC(C)(C)C. The standard InChI is InChI=1S/C28H36ClN3O5/c1-16-9-6-7-10-18(16)13-21(30-25(35)20-11-8-12-23(33)17(20)2)24(34)27(37)32-15-19(29)14-22(32)26(36)31-28(3,4)5/h6-12,19,21-22,24,33-34H,13-15H2,1-5H3,(H,30,35)(H,31,36)/t19-,21-,22-,24-/m0/s1. The molecule has 4 N–H and O–H groups in total. The maximum atomic E-state index is 13.6. The molecule has 0 aliphatic carbocycles. The number of nitrogens with one attached hydrogen (secondary N) is 2. The molecule has 1 aliphatic heterocycles. The van der Waals surface area contributed by atoms with E-state index in [0.29, 0.717) is 5.56 Å². The number of alkyl halides is 1. The number of carbonyl (C=O) groups is 3. The fraction of sp³-hybridized carbons (Fsp3) is 0.464. The maximum absolute atomic E-state index is 13.6. The number of hydrogen-bond acceptors (Lipinski definition) is 5. The van der Waals surface area contributed by atoms with Crippen molar-refractivity contribution < 1.29 is 24.6 Å². The molecule has 0 radical (unpaired) electrons. The highest BCUT2D eigenvalue weighted by atomic mass is 35.5. The first-order valence-electron chi connectivity index (χ1n) is 12.4. The molecule has 9 heteroatoms. The summed E-state index contributed by atoms with van der Waals surface area (Å²) in [6.45, 7) is 9.16. The maximum Gasteiger partial charge on any atom is 0.254 e. The molecule has 1 aliphatic rings. The third kappa shape index (κ3) is 7.02. The van der Waals surface area contributed by atoms with Crippen LogP contribution in [0.4, 0.5) is 0 Å². The summed E-state index contributed by atoms with van der Waals surface area (Å²) >= 11 is 6.34. The molecule has 0 saturated carbocycles. The predicted octanol–water partition coefficient (Wildman–Crippen LogP) is 2.83. The molecule has 37 heavy (non-hydrogen) atoms. The Hall–Kier alpha value is -3.10. The number of aliphatic hydroxyl groups is 1. The molecule has 8 nitrogen and oxygen atoms in total. The number of aliphatic hydroxyl groups excluding tert-OH is 1. The Bertz CT molecular complexity index is 1160. The Morgan fingerprint density at radius 3 is 2.43 bits per heavy atom. The van der Waals surface area contributed by atoms with Gasteiger partial charge < -0.3 is 25.7 Å². The molecule has 1 saturated heterocycles. The lowest BCUT2D eigenvalue weighted by Gasteiger charge is -2.32. The van der Waals surface area contributed by atoms with Crippen molar-refractivity contribution in [2.45, 2.75) is 76.6 Å². The van der Waals surface area contributed by atoms with E-state index < -0.39 is 40.9 Å². The quantitative estimate of drug-likeness (QED) is 0.411. The van der Waals surface area contributed by atoms with Crippen LogP contribution in [0.15, 0.2) is 42.5 Å². The zero-order chi connectivity index (χ0) is 27.5. The van der Waals surface area contributed by atoms with Gasteiger partial charge >= 0.3 is 0 Å². The number of nitrogens with zero attached hydrogens (tertiary/aromatic N) is 1. The first-order valence-corrected chi connectivity index (χ1v) is 12.8. The van der Waals surface area contributed by atoms with Crippen LogP contribution in [0.5, 0.6) is 5.75 Å². The summed E-state index contributed by atoms with van der Waals surface area (Å²) in [6.07, 6.45) is -1.19. The van der Waals surface area contributed by atoms with Crippen molar-refractivity contribution in [2.24, 2.45) is 0 Å². The average molecular weight is 530 g/mol. The van der Waals surface area contributed by atoms with Gasteiger partial charge in [0.15, 0.2) is 6.10 Å². The van der Waals surface area contributed by atoms with Crippen molar-refractivity contribution in [3.63, 3.8) is 0 Å². The minimum atomic E-state index is -1.63. The highest BCUT2D eigenvalue weighted by molar-refractivity contribution is 6.21. The first kappa shape index (κ1) is 28.5. The van der Waals surface area contributed by atoms with E-state index >= 15 is 0 Å². The number of rotatable bonds is 7. The van der Waals surface area contributed by atoms with Gasteiger partial charge in [0.05, 0.1) is 11.4 Å². The molecule has 0 aromatic heterocycles. The number of carbonyl (C=O) groups excluding carboxylic acids is 3. The molecule has 1 fully saturated rings. The number of aryl methyl sites for hydroxylation is 1. The highest BCUT2D eigenvalue weighted by Gasteiger charge is 2.43. The van der Waals surface area contributed by atoms with Crippen LogP contribution in [-0.2, 0) is 16.0 Å². The summed E-state index contributed by atoms with van der Waals surface area (Å²) in [7, 11) is 0. The number of phenolic OH excluding ortho intramolecular Hbond substituents is 1. The van der Waals surface area contributed by atoms with Gasteiger partial charge in [0, 0.05) is 23.2 Å². The van der Waals surface area contributed by atoms with E-state index in [-0.39, 0.29) is 36.6 Å². The van der Waals surface area contributed by atoms with Crippen molar-refractivity contribution in [1.29, 1.82) is 0 Å². The monoisotopic (exact) mass is 529 g/mol. The summed E-state index contributed by atoms with van der Waals surface area (Å²) < 4.78 is 0. The van der Waals surface area contributed by atoms with Gasteiger partial charge in [-0.1, -0.05) is 30.3 Å². The van der Waals surface area contributed by atoms with E-state index in [1.54, 1.807) is 19.1 Å². The van der Waals surface area contributed by atoms with Crippen LogP contribution in [0.25, 0.3) is 0 Å². The number of hydrogen-bond donors (Lipinski definition) is 4. The zero-order valence-electron chi connectivity index (χ0n) is 21.9. The smallest absolute Gasteiger partial charge is 0.254 e. The second kappa shape index (κ2) is 11.5. The molecule has 0 bridgehead atoms. The second-order valence-electron chi connectivity index (χ2n) is 10.7. The van der Waals surface area contributed by atoms with Crippen LogP contribution in [0.3, 0.4) is 0 Å².